The third-order valence-electron chi connectivity index (χ3n) is 5.98. The molecular weight excluding hydrogens is 498 g/mol. The van der Waals surface area contributed by atoms with E-state index in [4.69, 9.17) is 11.6 Å². The lowest BCUT2D eigenvalue weighted by atomic mass is 10.1. The fourth-order valence-electron chi connectivity index (χ4n) is 3.93. The Morgan fingerprint density at radius 2 is 1.67 bits per heavy atom. The smallest absolute Gasteiger partial charge is 0.244 e. The normalized spacial score (nSPS) is 12.2. The summed E-state index contributed by atoms with van der Waals surface area (Å²) in [4.78, 5) is 28.0. The second-order valence-electron chi connectivity index (χ2n) is 8.74. The number of carbonyl (C=O) groups excluding carboxylic acids is 2. The maximum absolute atomic E-state index is 13.7. The number of nitrogens with one attached hydrogen (secondary N) is 1. The van der Waals surface area contributed by atoms with Crippen molar-refractivity contribution in [2.45, 2.75) is 39.3 Å². The first-order chi connectivity index (χ1) is 17.1. The number of rotatable bonds is 11. The van der Waals surface area contributed by atoms with Crippen LogP contribution in [0.25, 0.3) is 10.8 Å². The van der Waals surface area contributed by atoms with Gasteiger partial charge in [-0.05, 0) is 42.5 Å². The molecule has 7 nitrogen and oxygen atoms in total. The van der Waals surface area contributed by atoms with Gasteiger partial charge in [0.1, 0.15) is 12.6 Å². The number of nitrogens with zero attached hydrogens (tertiary/aromatic N) is 2. The SMILES string of the molecule is CCCCNC(=O)[C@H](C)N(Cc1ccc(Cl)cc1)C(=O)CN(c1cccc2ccccc12)S(C)(=O)=O. The summed E-state index contributed by atoms with van der Waals surface area (Å²) in [7, 11) is -3.81. The highest BCUT2D eigenvalue weighted by molar-refractivity contribution is 7.92. The number of fused-ring (bicyclic) bond motifs is 1. The highest BCUT2D eigenvalue weighted by Crippen LogP contribution is 2.28. The third kappa shape index (κ3) is 6.98. The van der Waals surface area contributed by atoms with Gasteiger partial charge in [0.2, 0.25) is 21.8 Å². The molecule has 0 spiro atoms. The molecule has 3 aromatic carbocycles. The van der Waals surface area contributed by atoms with Crippen molar-refractivity contribution in [1.29, 1.82) is 0 Å². The molecule has 0 saturated carbocycles. The van der Waals surface area contributed by atoms with Crippen LogP contribution in [0.1, 0.15) is 32.3 Å². The van der Waals surface area contributed by atoms with Gasteiger partial charge < -0.3 is 10.2 Å². The lowest BCUT2D eigenvalue weighted by Gasteiger charge is -2.31. The highest BCUT2D eigenvalue weighted by Gasteiger charge is 2.30. The summed E-state index contributed by atoms with van der Waals surface area (Å²) < 4.78 is 26.8. The second kappa shape index (κ2) is 12.2. The van der Waals surface area contributed by atoms with Gasteiger partial charge in [0.05, 0.1) is 11.9 Å². The fourth-order valence-corrected chi connectivity index (χ4v) is 4.91. The van der Waals surface area contributed by atoms with E-state index in [2.05, 4.69) is 5.32 Å². The number of carbonyl (C=O) groups is 2. The molecule has 0 aliphatic rings. The van der Waals surface area contributed by atoms with E-state index in [0.29, 0.717) is 22.6 Å². The molecule has 3 rings (SSSR count). The predicted octanol–water partition coefficient (Wildman–Crippen LogP) is 4.59. The van der Waals surface area contributed by atoms with Crippen LogP contribution in [-0.2, 0) is 26.2 Å². The van der Waals surface area contributed by atoms with E-state index in [1.54, 1.807) is 43.3 Å². The molecule has 0 aromatic heterocycles. The molecule has 0 aliphatic heterocycles. The third-order valence-corrected chi connectivity index (χ3v) is 7.36. The van der Waals surface area contributed by atoms with Gasteiger partial charge >= 0.3 is 0 Å². The quantitative estimate of drug-likeness (QED) is 0.368. The minimum atomic E-state index is -3.81. The summed E-state index contributed by atoms with van der Waals surface area (Å²) in [6.45, 7) is 3.88. The van der Waals surface area contributed by atoms with Crippen LogP contribution in [-0.4, -0.2) is 50.5 Å². The molecule has 192 valence electrons. The Morgan fingerprint density at radius 1 is 1.00 bits per heavy atom. The van der Waals surface area contributed by atoms with E-state index in [0.717, 1.165) is 34.4 Å². The molecule has 0 fully saturated rings. The number of hydrogen-bond donors (Lipinski definition) is 1. The average molecular weight is 530 g/mol. The second-order valence-corrected chi connectivity index (χ2v) is 11.1. The molecule has 0 aliphatic carbocycles. The van der Waals surface area contributed by atoms with Gasteiger partial charge in [-0.3, -0.25) is 13.9 Å². The highest BCUT2D eigenvalue weighted by atomic mass is 35.5. The number of hydrogen-bond acceptors (Lipinski definition) is 4. The molecule has 0 bridgehead atoms. The van der Waals surface area contributed by atoms with Crippen LogP contribution in [0.15, 0.2) is 66.7 Å². The zero-order valence-electron chi connectivity index (χ0n) is 20.8. The molecule has 0 unspecified atom stereocenters. The molecular formula is C27H32ClN3O4S. The fraction of sp³-hybridized carbons (Fsp3) is 0.333. The number of benzene rings is 3. The maximum Gasteiger partial charge on any atom is 0.244 e. The Balaban J connectivity index is 1.95. The van der Waals surface area contributed by atoms with Crippen LogP contribution >= 0.6 is 11.6 Å². The first-order valence-corrected chi connectivity index (χ1v) is 14.1. The summed E-state index contributed by atoms with van der Waals surface area (Å²) >= 11 is 6.01. The van der Waals surface area contributed by atoms with Crippen molar-refractivity contribution in [3.8, 4) is 0 Å². The zero-order chi connectivity index (χ0) is 26.3. The predicted molar refractivity (Wildman–Crippen MR) is 146 cm³/mol. The molecule has 0 radical (unpaired) electrons. The van der Waals surface area contributed by atoms with Crippen molar-refractivity contribution >= 4 is 49.9 Å². The van der Waals surface area contributed by atoms with Crippen molar-refractivity contribution in [2.24, 2.45) is 0 Å². The van der Waals surface area contributed by atoms with Crippen LogP contribution in [0.4, 0.5) is 5.69 Å². The van der Waals surface area contributed by atoms with Gasteiger partial charge in [-0.25, -0.2) is 8.42 Å². The number of anilines is 1. The Kier molecular flexibility index (Phi) is 9.34. The van der Waals surface area contributed by atoms with Crippen LogP contribution in [0.2, 0.25) is 5.02 Å². The van der Waals surface area contributed by atoms with Crippen LogP contribution < -0.4 is 9.62 Å². The molecule has 36 heavy (non-hydrogen) atoms. The average Bonchev–Trinajstić information content (AvgIpc) is 2.85. The summed E-state index contributed by atoms with van der Waals surface area (Å²) in [5.41, 5.74) is 1.19. The minimum absolute atomic E-state index is 0.130. The summed E-state index contributed by atoms with van der Waals surface area (Å²) in [6.07, 6.45) is 2.83. The summed E-state index contributed by atoms with van der Waals surface area (Å²) in [6, 6.07) is 18.9. The van der Waals surface area contributed by atoms with E-state index < -0.39 is 28.5 Å². The van der Waals surface area contributed by atoms with Crippen LogP contribution in [0, 0.1) is 0 Å². The maximum atomic E-state index is 13.7. The zero-order valence-corrected chi connectivity index (χ0v) is 22.3. The molecule has 0 saturated heterocycles. The Labute approximate surface area is 218 Å². The monoisotopic (exact) mass is 529 g/mol. The van der Waals surface area contributed by atoms with Crippen molar-refractivity contribution in [3.05, 3.63) is 77.3 Å². The number of unbranched alkanes of at least 4 members (excludes halogenated alkanes) is 1. The van der Waals surface area contributed by atoms with Gasteiger partial charge in [0.25, 0.3) is 0 Å². The Morgan fingerprint density at radius 3 is 2.33 bits per heavy atom. The van der Waals surface area contributed by atoms with E-state index in [1.165, 1.54) is 4.90 Å². The van der Waals surface area contributed by atoms with Gasteiger partial charge in [-0.1, -0.05) is 73.5 Å². The standard InChI is InChI=1S/C27H32ClN3O4S/c1-4-5-17-29-27(33)20(2)30(18-21-13-15-23(28)16-14-21)26(32)19-31(36(3,34)35)25-12-8-10-22-9-6-7-11-24(22)25/h6-16,20H,4-5,17-19H2,1-3H3,(H,29,33)/t20-/m0/s1. The molecule has 9 heteroatoms. The van der Waals surface area contributed by atoms with Crippen molar-refractivity contribution < 1.29 is 18.0 Å². The van der Waals surface area contributed by atoms with Crippen molar-refractivity contribution in [3.63, 3.8) is 0 Å². The Bertz CT molecular complexity index is 1310. The van der Waals surface area contributed by atoms with Gasteiger partial charge in [0.15, 0.2) is 0 Å². The number of sulfonamides is 1. The van der Waals surface area contributed by atoms with Crippen molar-refractivity contribution in [1.82, 2.24) is 10.2 Å². The lowest BCUT2D eigenvalue weighted by molar-refractivity contribution is -0.139. The minimum Gasteiger partial charge on any atom is -0.354 e. The van der Waals surface area contributed by atoms with Crippen LogP contribution in [0.5, 0.6) is 0 Å². The molecule has 1 N–H and O–H groups in total. The lowest BCUT2D eigenvalue weighted by Crippen LogP contribution is -2.51. The molecule has 1 atom stereocenters. The van der Waals surface area contributed by atoms with Gasteiger partial charge in [0, 0.05) is 23.5 Å². The molecule has 3 aromatic rings. The first-order valence-electron chi connectivity index (χ1n) is 11.9. The van der Waals surface area contributed by atoms with E-state index in [1.807, 2.05) is 37.3 Å². The van der Waals surface area contributed by atoms with Crippen molar-refractivity contribution in [2.75, 3.05) is 23.7 Å². The Hall–Kier alpha value is -3.10. The van der Waals surface area contributed by atoms with Gasteiger partial charge in [-0.15, -0.1) is 0 Å². The number of halogens is 1. The van der Waals surface area contributed by atoms with Crippen LogP contribution in [0.3, 0.4) is 0 Å². The van der Waals surface area contributed by atoms with E-state index >= 15 is 0 Å². The van der Waals surface area contributed by atoms with E-state index in [-0.39, 0.29) is 12.5 Å². The first kappa shape index (κ1) is 27.5. The number of amides is 2. The summed E-state index contributed by atoms with van der Waals surface area (Å²) in [5.74, 6) is -0.775. The van der Waals surface area contributed by atoms with E-state index in [9.17, 15) is 18.0 Å². The topological polar surface area (TPSA) is 86.8 Å². The summed E-state index contributed by atoms with van der Waals surface area (Å²) in [5, 5.41) is 5.00. The molecule has 0 heterocycles. The molecule has 2 amide bonds. The van der Waals surface area contributed by atoms with Gasteiger partial charge in [-0.2, -0.15) is 0 Å². The largest absolute Gasteiger partial charge is 0.354 e.